The second kappa shape index (κ2) is 6.66. The van der Waals surface area contributed by atoms with Crippen LogP contribution in [0.15, 0.2) is 11.3 Å². The summed E-state index contributed by atoms with van der Waals surface area (Å²) in [5.41, 5.74) is 0.898. The molecule has 0 aromatic rings. The molecule has 0 saturated carbocycles. The Morgan fingerprint density at radius 2 is 2.00 bits per heavy atom. The number of hydrogen-bond acceptors (Lipinski definition) is 4. The van der Waals surface area contributed by atoms with Crippen LogP contribution in [0.3, 0.4) is 0 Å². The van der Waals surface area contributed by atoms with E-state index in [4.69, 9.17) is 0 Å². The number of sulfonamides is 1. The molecular weight excluding hydrogens is 308 g/mol. The number of nitrogens with one attached hydrogen (secondary N) is 3. The minimum atomic E-state index is -3.31. The highest BCUT2D eigenvalue weighted by atomic mass is 32.2. The standard InChI is InChI=1S/C13H22N4O4S/c1-9-11(10(2)16-13(19)15-9)12(18)14-5-8-22(20,21)17-6-3-4-7-17/h9H,3-8H2,1-2H3,(H,14,18)(H2,15,16,19)/t9-/m0/s1. The topological polar surface area (TPSA) is 108 Å². The van der Waals surface area contributed by atoms with Crippen molar-refractivity contribution < 1.29 is 18.0 Å². The first-order valence-electron chi connectivity index (χ1n) is 7.35. The fourth-order valence-corrected chi connectivity index (χ4v) is 4.15. The van der Waals surface area contributed by atoms with Crippen LogP contribution in [0.5, 0.6) is 0 Å². The van der Waals surface area contributed by atoms with Crippen molar-refractivity contribution in [2.45, 2.75) is 32.7 Å². The maximum Gasteiger partial charge on any atom is 0.319 e. The van der Waals surface area contributed by atoms with Gasteiger partial charge in [-0.2, -0.15) is 0 Å². The molecule has 0 aliphatic carbocycles. The number of carbonyl (C=O) groups excluding carboxylic acids is 2. The van der Waals surface area contributed by atoms with Crippen molar-refractivity contribution in [2.75, 3.05) is 25.4 Å². The van der Waals surface area contributed by atoms with Crippen LogP contribution in [-0.2, 0) is 14.8 Å². The highest BCUT2D eigenvalue weighted by Crippen LogP contribution is 2.13. The van der Waals surface area contributed by atoms with E-state index in [1.807, 2.05) is 0 Å². The third-order valence-corrected chi connectivity index (χ3v) is 5.71. The maximum absolute atomic E-state index is 12.2. The number of amides is 3. The molecule has 1 fully saturated rings. The van der Waals surface area contributed by atoms with Crippen LogP contribution in [0.1, 0.15) is 26.7 Å². The van der Waals surface area contributed by atoms with Crippen molar-refractivity contribution in [3.05, 3.63) is 11.3 Å². The van der Waals surface area contributed by atoms with Gasteiger partial charge in [0, 0.05) is 25.3 Å². The predicted octanol–water partition coefficient (Wildman–Crippen LogP) is -0.496. The van der Waals surface area contributed by atoms with Gasteiger partial charge >= 0.3 is 6.03 Å². The second-order valence-electron chi connectivity index (χ2n) is 5.54. The lowest BCUT2D eigenvalue weighted by atomic mass is 10.0. The van der Waals surface area contributed by atoms with E-state index in [-0.39, 0.29) is 24.2 Å². The minimum Gasteiger partial charge on any atom is -0.351 e. The molecule has 0 spiro atoms. The van der Waals surface area contributed by atoms with E-state index in [9.17, 15) is 18.0 Å². The van der Waals surface area contributed by atoms with Gasteiger partial charge in [0.1, 0.15) is 0 Å². The van der Waals surface area contributed by atoms with Crippen molar-refractivity contribution in [2.24, 2.45) is 0 Å². The lowest BCUT2D eigenvalue weighted by Gasteiger charge is -2.25. The lowest BCUT2D eigenvalue weighted by Crippen LogP contribution is -2.50. The first kappa shape index (κ1) is 16.8. The van der Waals surface area contributed by atoms with Gasteiger partial charge in [-0.15, -0.1) is 0 Å². The number of nitrogens with zero attached hydrogens (tertiary/aromatic N) is 1. The summed E-state index contributed by atoms with van der Waals surface area (Å²) in [7, 11) is -3.31. The quantitative estimate of drug-likeness (QED) is 0.632. The summed E-state index contributed by atoms with van der Waals surface area (Å²) in [5, 5.41) is 7.74. The molecule has 2 aliphatic rings. The summed E-state index contributed by atoms with van der Waals surface area (Å²) in [5.74, 6) is -0.478. The summed E-state index contributed by atoms with van der Waals surface area (Å²) in [6, 6.07) is -0.762. The minimum absolute atomic E-state index is 0.0507. The fourth-order valence-electron chi connectivity index (χ4n) is 2.72. The molecule has 0 bridgehead atoms. The van der Waals surface area contributed by atoms with Gasteiger partial charge < -0.3 is 16.0 Å². The average Bonchev–Trinajstić information content (AvgIpc) is 2.91. The van der Waals surface area contributed by atoms with E-state index < -0.39 is 16.1 Å². The molecule has 0 aromatic carbocycles. The Morgan fingerprint density at radius 1 is 1.36 bits per heavy atom. The smallest absolute Gasteiger partial charge is 0.319 e. The van der Waals surface area contributed by atoms with Crippen molar-refractivity contribution in [3.63, 3.8) is 0 Å². The van der Waals surface area contributed by atoms with E-state index in [0.717, 1.165) is 12.8 Å². The fraction of sp³-hybridized carbons (Fsp3) is 0.692. The van der Waals surface area contributed by atoms with Gasteiger partial charge in [-0.05, 0) is 26.7 Å². The number of urea groups is 1. The average molecular weight is 330 g/mol. The van der Waals surface area contributed by atoms with Gasteiger partial charge in [0.25, 0.3) is 5.91 Å². The third-order valence-electron chi connectivity index (χ3n) is 3.83. The Balaban J connectivity index is 1.90. The lowest BCUT2D eigenvalue weighted by molar-refractivity contribution is -0.117. The van der Waals surface area contributed by atoms with Crippen LogP contribution < -0.4 is 16.0 Å². The van der Waals surface area contributed by atoms with Crippen LogP contribution in [0.25, 0.3) is 0 Å². The van der Waals surface area contributed by atoms with Crippen molar-refractivity contribution >= 4 is 22.0 Å². The van der Waals surface area contributed by atoms with Crippen LogP contribution in [0.4, 0.5) is 4.79 Å². The summed E-state index contributed by atoms with van der Waals surface area (Å²) in [6.45, 7) is 4.53. The monoisotopic (exact) mass is 330 g/mol. The zero-order valence-electron chi connectivity index (χ0n) is 12.8. The molecule has 0 radical (unpaired) electrons. The number of rotatable bonds is 5. The second-order valence-corrected chi connectivity index (χ2v) is 7.63. The molecule has 1 atom stereocenters. The van der Waals surface area contributed by atoms with E-state index in [0.29, 0.717) is 24.4 Å². The van der Waals surface area contributed by atoms with Gasteiger partial charge in [-0.1, -0.05) is 0 Å². The zero-order valence-corrected chi connectivity index (χ0v) is 13.6. The SMILES string of the molecule is CC1=C(C(=O)NCCS(=O)(=O)N2CCCC2)[C@H](C)NC(=O)N1. The Kier molecular flexibility index (Phi) is 5.07. The summed E-state index contributed by atoms with van der Waals surface area (Å²) in [6.07, 6.45) is 1.78. The van der Waals surface area contributed by atoms with Gasteiger partial charge in [-0.3, -0.25) is 4.79 Å². The van der Waals surface area contributed by atoms with Gasteiger partial charge in [-0.25, -0.2) is 17.5 Å². The van der Waals surface area contributed by atoms with Crippen LogP contribution in [0.2, 0.25) is 0 Å². The molecule has 2 aliphatic heterocycles. The van der Waals surface area contributed by atoms with E-state index in [1.54, 1.807) is 13.8 Å². The first-order valence-corrected chi connectivity index (χ1v) is 8.96. The van der Waals surface area contributed by atoms with Crippen molar-refractivity contribution in [1.82, 2.24) is 20.3 Å². The molecule has 0 unspecified atom stereocenters. The summed E-state index contributed by atoms with van der Waals surface area (Å²) in [4.78, 5) is 23.4. The molecule has 2 rings (SSSR count). The maximum atomic E-state index is 12.2. The van der Waals surface area contributed by atoms with E-state index >= 15 is 0 Å². The van der Waals surface area contributed by atoms with Gasteiger partial charge in [0.2, 0.25) is 10.0 Å². The highest BCUT2D eigenvalue weighted by Gasteiger charge is 2.28. The Morgan fingerprint density at radius 3 is 2.59 bits per heavy atom. The van der Waals surface area contributed by atoms with Crippen LogP contribution in [-0.4, -0.2) is 56.1 Å². The summed E-state index contributed by atoms with van der Waals surface area (Å²) < 4.78 is 25.6. The number of carbonyl (C=O) groups is 2. The highest BCUT2D eigenvalue weighted by molar-refractivity contribution is 7.89. The van der Waals surface area contributed by atoms with Crippen LogP contribution in [0, 0.1) is 0 Å². The van der Waals surface area contributed by atoms with E-state index in [1.165, 1.54) is 4.31 Å². The van der Waals surface area contributed by atoms with Gasteiger partial charge in [0.05, 0.1) is 17.4 Å². The first-order chi connectivity index (χ1) is 10.3. The molecule has 1 saturated heterocycles. The molecule has 9 heteroatoms. The third kappa shape index (κ3) is 3.77. The van der Waals surface area contributed by atoms with Crippen molar-refractivity contribution in [1.29, 1.82) is 0 Å². The Bertz CT molecular complexity index is 593. The molecular formula is C13H22N4O4S. The molecule has 3 N–H and O–H groups in total. The Hall–Kier alpha value is -1.61. The normalized spacial score (nSPS) is 23.2. The van der Waals surface area contributed by atoms with Crippen LogP contribution >= 0.6 is 0 Å². The number of allylic oxidation sites excluding steroid dienone is 1. The molecule has 8 nitrogen and oxygen atoms in total. The molecule has 124 valence electrons. The molecule has 3 amide bonds. The predicted molar refractivity (Wildman–Crippen MR) is 81.4 cm³/mol. The molecule has 22 heavy (non-hydrogen) atoms. The molecule has 0 aromatic heterocycles. The largest absolute Gasteiger partial charge is 0.351 e. The van der Waals surface area contributed by atoms with Crippen molar-refractivity contribution in [3.8, 4) is 0 Å². The Labute approximate surface area is 130 Å². The summed E-state index contributed by atoms with van der Waals surface area (Å²) >= 11 is 0. The molecule has 2 heterocycles. The van der Waals surface area contributed by atoms with Gasteiger partial charge in [0.15, 0.2) is 0 Å². The number of hydrogen-bond donors (Lipinski definition) is 3. The van der Waals surface area contributed by atoms with E-state index in [2.05, 4.69) is 16.0 Å². The zero-order chi connectivity index (χ0) is 16.3.